The Bertz CT molecular complexity index is 858. The second kappa shape index (κ2) is 7.69. The van der Waals surface area contributed by atoms with E-state index in [2.05, 4.69) is 55.2 Å². The lowest BCUT2D eigenvalue weighted by molar-refractivity contribution is -0.0103. The minimum atomic E-state index is 0.500. The molecule has 3 aliphatic rings. The Hall–Kier alpha value is -1.41. The molecule has 0 amide bonds. The zero-order valence-electron chi connectivity index (χ0n) is 18.6. The lowest BCUT2D eigenvalue weighted by Crippen LogP contribution is -2.43. The van der Waals surface area contributed by atoms with Gasteiger partial charge in [-0.25, -0.2) is 0 Å². The lowest BCUT2D eigenvalue weighted by Gasteiger charge is -2.52. The van der Waals surface area contributed by atoms with Gasteiger partial charge in [0.1, 0.15) is 0 Å². The summed E-state index contributed by atoms with van der Waals surface area (Å²) in [6.07, 6.45) is 15.6. The van der Waals surface area contributed by atoms with E-state index in [0.717, 1.165) is 29.6 Å². The maximum Gasteiger partial charge on any atom is 0.0346 e. The highest BCUT2D eigenvalue weighted by Crippen LogP contribution is 2.64. The smallest absolute Gasteiger partial charge is 0.0346 e. The van der Waals surface area contributed by atoms with Gasteiger partial charge in [-0.05, 0) is 124 Å². The van der Waals surface area contributed by atoms with Crippen molar-refractivity contribution in [3.63, 3.8) is 0 Å². The molecule has 3 fully saturated rings. The van der Waals surface area contributed by atoms with Gasteiger partial charge in [0.15, 0.2) is 0 Å². The van der Waals surface area contributed by atoms with Gasteiger partial charge in [-0.1, -0.05) is 25.5 Å². The van der Waals surface area contributed by atoms with Crippen LogP contribution in [0.2, 0.25) is 0 Å². The number of hydrogen-bond acceptors (Lipinski definition) is 2. The number of rotatable bonds is 4. The minimum Gasteiger partial charge on any atom is -0.309 e. The standard InChI is InChI=1S/C27H38N2/c1-27-13-10-21-5-4-19(12-15-29(2)3)16-24(21)26(27)9-8-25(27)22-7-6-20-11-14-28-18-23(20)17-22/h6-7,11,14,17-19,21,24-26H,4-5,8-10,12-13,15-16H2,1-3H3/t19-,21?,24+,25+,26-,27+/m0/s1. The topological polar surface area (TPSA) is 16.1 Å². The fourth-order valence-electron chi connectivity index (χ4n) is 7.60. The Morgan fingerprint density at radius 2 is 1.93 bits per heavy atom. The van der Waals surface area contributed by atoms with Crippen LogP contribution in [0.25, 0.3) is 10.8 Å². The molecule has 3 saturated carbocycles. The molecule has 1 aromatic heterocycles. The highest BCUT2D eigenvalue weighted by atomic mass is 15.0. The number of aromatic nitrogens is 1. The van der Waals surface area contributed by atoms with Crippen LogP contribution in [-0.2, 0) is 0 Å². The van der Waals surface area contributed by atoms with E-state index in [9.17, 15) is 0 Å². The molecule has 0 spiro atoms. The normalized spacial score (nSPS) is 36.9. The minimum absolute atomic E-state index is 0.500. The molecule has 0 N–H and O–H groups in total. The van der Waals surface area contributed by atoms with Crippen LogP contribution in [-0.4, -0.2) is 30.5 Å². The fraction of sp³-hybridized carbons (Fsp3) is 0.667. The molecule has 29 heavy (non-hydrogen) atoms. The van der Waals surface area contributed by atoms with Gasteiger partial charge < -0.3 is 4.90 Å². The van der Waals surface area contributed by atoms with Gasteiger partial charge in [-0.3, -0.25) is 4.98 Å². The largest absolute Gasteiger partial charge is 0.309 e. The van der Waals surface area contributed by atoms with Crippen molar-refractivity contribution < 1.29 is 0 Å². The molecule has 0 aliphatic heterocycles. The maximum absolute atomic E-state index is 4.37. The van der Waals surface area contributed by atoms with E-state index in [0.29, 0.717) is 5.41 Å². The van der Waals surface area contributed by atoms with Crippen molar-refractivity contribution in [1.29, 1.82) is 0 Å². The van der Waals surface area contributed by atoms with Crippen LogP contribution >= 0.6 is 0 Å². The van der Waals surface area contributed by atoms with Crippen LogP contribution in [0.3, 0.4) is 0 Å². The Morgan fingerprint density at radius 3 is 2.79 bits per heavy atom. The van der Waals surface area contributed by atoms with E-state index in [1.165, 1.54) is 68.7 Å². The third-order valence-electron chi connectivity index (χ3n) is 9.19. The predicted octanol–water partition coefficient (Wildman–Crippen LogP) is 6.51. The molecule has 3 aliphatic carbocycles. The summed E-state index contributed by atoms with van der Waals surface area (Å²) in [5, 5.41) is 2.63. The van der Waals surface area contributed by atoms with E-state index < -0.39 is 0 Å². The second-order valence-electron chi connectivity index (χ2n) is 11.0. The van der Waals surface area contributed by atoms with E-state index in [4.69, 9.17) is 0 Å². The molecule has 1 heterocycles. The number of pyridine rings is 1. The molecular formula is C27H38N2. The Balaban J connectivity index is 1.37. The average molecular weight is 391 g/mol. The van der Waals surface area contributed by atoms with Crippen LogP contribution in [0.15, 0.2) is 36.7 Å². The molecule has 2 nitrogen and oxygen atoms in total. The first-order chi connectivity index (χ1) is 14.0. The van der Waals surface area contributed by atoms with Crippen LogP contribution in [0, 0.1) is 29.1 Å². The first kappa shape index (κ1) is 19.5. The van der Waals surface area contributed by atoms with Crippen molar-refractivity contribution in [2.45, 2.75) is 64.2 Å². The SMILES string of the molecule is CN(C)CC[C@@H]1CCC2CC[C@]3(C)[C@@H](c4ccc5ccncc5c4)CC[C@H]3[C@@H]2C1. The summed E-state index contributed by atoms with van der Waals surface area (Å²) < 4.78 is 0. The molecule has 2 aromatic rings. The van der Waals surface area contributed by atoms with E-state index in [1.807, 2.05) is 12.4 Å². The molecule has 0 bridgehead atoms. The van der Waals surface area contributed by atoms with Crippen LogP contribution in [0.5, 0.6) is 0 Å². The van der Waals surface area contributed by atoms with Gasteiger partial charge >= 0.3 is 0 Å². The van der Waals surface area contributed by atoms with Crippen LogP contribution < -0.4 is 0 Å². The molecule has 1 aromatic carbocycles. The van der Waals surface area contributed by atoms with Gasteiger partial charge in [-0.2, -0.15) is 0 Å². The number of hydrogen-bond donors (Lipinski definition) is 0. The predicted molar refractivity (Wildman–Crippen MR) is 122 cm³/mol. The van der Waals surface area contributed by atoms with Crippen LogP contribution in [0.4, 0.5) is 0 Å². The van der Waals surface area contributed by atoms with E-state index >= 15 is 0 Å². The highest BCUT2D eigenvalue weighted by molar-refractivity contribution is 5.82. The third kappa shape index (κ3) is 3.52. The summed E-state index contributed by atoms with van der Waals surface area (Å²) in [5.74, 6) is 4.65. The van der Waals surface area contributed by atoms with Gasteiger partial charge in [0, 0.05) is 17.8 Å². The molecular weight excluding hydrogens is 352 g/mol. The molecule has 6 atom stereocenters. The Kier molecular flexibility index (Phi) is 5.18. The molecule has 2 heteroatoms. The van der Waals surface area contributed by atoms with Crippen molar-refractivity contribution in [2.75, 3.05) is 20.6 Å². The van der Waals surface area contributed by atoms with Gasteiger partial charge in [0.25, 0.3) is 0 Å². The summed E-state index contributed by atoms with van der Waals surface area (Å²) >= 11 is 0. The second-order valence-corrected chi connectivity index (χ2v) is 11.0. The van der Waals surface area contributed by atoms with Crippen molar-refractivity contribution >= 4 is 10.8 Å². The van der Waals surface area contributed by atoms with E-state index in [1.54, 1.807) is 5.56 Å². The van der Waals surface area contributed by atoms with Crippen LogP contribution in [0.1, 0.15) is 69.8 Å². The Morgan fingerprint density at radius 1 is 1.03 bits per heavy atom. The molecule has 5 rings (SSSR count). The lowest BCUT2D eigenvalue weighted by atomic mass is 9.53. The highest BCUT2D eigenvalue weighted by Gasteiger charge is 2.54. The van der Waals surface area contributed by atoms with Crippen molar-refractivity contribution in [3.05, 3.63) is 42.2 Å². The van der Waals surface area contributed by atoms with Crippen molar-refractivity contribution in [3.8, 4) is 0 Å². The Labute approximate surface area is 177 Å². The first-order valence-electron chi connectivity index (χ1n) is 12.0. The van der Waals surface area contributed by atoms with Crippen molar-refractivity contribution in [2.24, 2.45) is 29.1 Å². The summed E-state index contributed by atoms with van der Waals surface area (Å²) in [6, 6.07) is 9.34. The number of fused-ring (bicyclic) bond motifs is 4. The number of benzene rings is 1. The van der Waals surface area contributed by atoms with E-state index in [-0.39, 0.29) is 0 Å². The zero-order valence-corrected chi connectivity index (χ0v) is 18.6. The molecule has 0 saturated heterocycles. The fourth-order valence-corrected chi connectivity index (χ4v) is 7.60. The summed E-state index contributed by atoms with van der Waals surface area (Å²) in [7, 11) is 4.45. The average Bonchev–Trinajstić information content (AvgIpc) is 3.09. The summed E-state index contributed by atoms with van der Waals surface area (Å²) in [6.45, 7) is 3.92. The van der Waals surface area contributed by atoms with Crippen molar-refractivity contribution in [1.82, 2.24) is 9.88 Å². The van der Waals surface area contributed by atoms with Gasteiger partial charge in [-0.15, -0.1) is 0 Å². The number of nitrogens with zero attached hydrogens (tertiary/aromatic N) is 2. The molecule has 156 valence electrons. The molecule has 0 radical (unpaired) electrons. The van der Waals surface area contributed by atoms with Gasteiger partial charge in [0.2, 0.25) is 0 Å². The zero-order chi connectivity index (χ0) is 20.0. The summed E-state index contributed by atoms with van der Waals surface area (Å²) in [4.78, 5) is 6.74. The first-order valence-corrected chi connectivity index (χ1v) is 12.0. The van der Waals surface area contributed by atoms with Gasteiger partial charge in [0.05, 0.1) is 0 Å². The third-order valence-corrected chi connectivity index (χ3v) is 9.19. The maximum atomic E-state index is 4.37. The monoisotopic (exact) mass is 390 g/mol. The quantitative estimate of drug-likeness (QED) is 0.591. The summed E-state index contributed by atoms with van der Waals surface area (Å²) in [5.41, 5.74) is 2.08. The molecule has 1 unspecified atom stereocenters.